The molecular weight excluding hydrogens is 285 g/mol. The van der Waals surface area contributed by atoms with E-state index in [2.05, 4.69) is 33.1 Å². The highest BCUT2D eigenvalue weighted by atomic mass is 79.9. The Kier molecular flexibility index (Phi) is 3.47. The molecule has 0 aliphatic rings. The van der Waals surface area contributed by atoms with E-state index in [-0.39, 0.29) is 5.82 Å². The average Bonchev–Trinajstić information content (AvgIpc) is 2.66. The van der Waals surface area contributed by atoms with Gasteiger partial charge in [0.1, 0.15) is 11.6 Å². The molecule has 1 aromatic carbocycles. The van der Waals surface area contributed by atoms with E-state index in [1.807, 2.05) is 6.07 Å². The van der Waals surface area contributed by atoms with Gasteiger partial charge >= 0.3 is 0 Å². The van der Waals surface area contributed by atoms with Gasteiger partial charge in [-0.1, -0.05) is 19.4 Å². The average molecular weight is 298 g/mol. The molecule has 0 bridgehead atoms. The van der Waals surface area contributed by atoms with E-state index >= 15 is 0 Å². The highest BCUT2D eigenvalue weighted by Crippen LogP contribution is 2.28. The fraction of sp³-hybridized carbons (Fsp3) is 0.250. The van der Waals surface area contributed by atoms with Crippen molar-refractivity contribution in [2.45, 2.75) is 19.8 Å². The summed E-state index contributed by atoms with van der Waals surface area (Å²) in [5.41, 5.74) is 8.30. The first-order chi connectivity index (χ1) is 8.13. The summed E-state index contributed by atoms with van der Waals surface area (Å²) in [4.78, 5) is 0. The minimum absolute atomic E-state index is 0.293. The standard InChI is InChI=1S/C12H13BrFN3/c1-2-3-8-11(16-17-12(8)15)7-4-5-9(13)10(14)6-7/h4-6H,2-3H2,1H3,(H3,15,16,17). The largest absolute Gasteiger partial charge is 0.382 e. The molecule has 0 aliphatic heterocycles. The summed E-state index contributed by atoms with van der Waals surface area (Å²) in [5.74, 6) is 0.197. The Labute approximate surface area is 107 Å². The van der Waals surface area contributed by atoms with Gasteiger partial charge in [0, 0.05) is 11.1 Å². The van der Waals surface area contributed by atoms with Gasteiger partial charge in [-0.25, -0.2) is 4.39 Å². The van der Waals surface area contributed by atoms with Gasteiger partial charge in [-0.15, -0.1) is 0 Å². The maximum absolute atomic E-state index is 13.5. The molecule has 1 aromatic heterocycles. The molecule has 5 heteroatoms. The lowest BCUT2D eigenvalue weighted by molar-refractivity contribution is 0.621. The van der Waals surface area contributed by atoms with Crippen LogP contribution in [0.3, 0.4) is 0 Å². The van der Waals surface area contributed by atoms with Gasteiger partial charge in [-0.05, 0) is 34.5 Å². The zero-order chi connectivity index (χ0) is 12.4. The Balaban J connectivity index is 2.48. The number of aromatic amines is 1. The fourth-order valence-corrected chi connectivity index (χ4v) is 2.02. The van der Waals surface area contributed by atoms with Gasteiger partial charge in [0.05, 0.1) is 10.2 Å². The molecule has 2 rings (SSSR count). The maximum atomic E-state index is 13.5. The molecule has 0 atom stereocenters. The number of H-pyrrole nitrogens is 1. The summed E-state index contributed by atoms with van der Waals surface area (Å²) < 4.78 is 13.9. The third-order valence-corrected chi connectivity index (χ3v) is 3.25. The van der Waals surface area contributed by atoms with Crippen LogP contribution in [0.2, 0.25) is 0 Å². The van der Waals surface area contributed by atoms with E-state index < -0.39 is 0 Å². The van der Waals surface area contributed by atoms with Gasteiger partial charge in [0.2, 0.25) is 0 Å². The molecule has 1 heterocycles. The molecule has 0 aliphatic carbocycles. The number of rotatable bonds is 3. The van der Waals surface area contributed by atoms with Crippen LogP contribution in [0, 0.1) is 5.82 Å². The topological polar surface area (TPSA) is 54.7 Å². The van der Waals surface area contributed by atoms with Crippen molar-refractivity contribution in [1.82, 2.24) is 10.2 Å². The quantitative estimate of drug-likeness (QED) is 0.911. The van der Waals surface area contributed by atoms with Crippen LogP contribution in [-0.2, 0) is 6.42 Å². The number of benzene rings is 1. The first-order valence-electron chi connectivity index (χ1n) is 5.41. The van der Waals surface area contributed by atoms with Crippen molar-refractivity contribution in [2.75, 3.05) is 5.73 Å². The lowest BCUT2D eigenvalue weighted by atomic mass is 10.0. The summed E-state index contributed by atoms with van der Waals surface area (Å²) in [6, 6.07) is 4.98. The van der Waals surface area contributed by atoms with Gasteiger partial charge in [-0.3, -0.25) is 5.10 Å². The van der Waals surface area contributed by atoms with Crippen molar-refractivity contribution in [3.8, 4) is 11.3 Å². The van der Waals surface area contributed by atoms with Crippen molar-refractivity contribution in [1.29, 1.82) is 0 Å². The number of nitrogens with two attached hydrogens (primary N) is 1. The SMILES string of the molecule is CCCc1c(N)n[nH]c1-c1ccc(Br)c(F)c1. The van der Waals surface area contributed by atoms with Crippen molar-refractivity contribution in [3.05, 3.63) is 34.1 Å². The molecule has 0 radical (unpaired) electrons. The maximum Gasteiger partial charge on any atom is 0.149 e. The first-order valence-corrected chi connectivity index (χ1v) is 6.21. The number of hydrogen-bond acceptors (Lipinski definition) is 2. The number of halogens is 2. The van der Waals surface area contributed by atoms with Crippen molar-refractivity contribution in [3.63, 3.8) is 0 Å². The predicted molar refractivity (Wildman–Crippen MR) is 70.1 cm³/mol. The fourth-order valence-electron chi connectivity index (χ4n) is 1.77. The van der Waals surface area contributed by atoms with Crippen LogP contribution in [0.15, 0.2) is 22.7 Å². The predicted octanol–water partition coefficient (Wildman–Crippen LogP) is 3.51. The van der Waals surface area contributed by atoms with E-state index in [0.29, 0.717) is 10.3 Å². The molecule has 0 unspecified atom stereocenters. The summed E-state index contributed by atoms with van der Waals surface area (Å²) in [5, 5.41) is 6.85. The highest BCUT2D eigenvalue weighted by Gasteiger charge is 2.13. The van der Waals surface area contributed by atoms with Gasteiger partial charge < -0.3 is 5.73 Å². The zero-order valence-corrected chi connectivity index (χ0v) is 11.0. The minimum Gasteiger partial charge on any atom is -0.382 e. The molecule has 0 saturated carbocycles. The van der Waals surface area contributed by atoms with Gasteiger partial charge in [0.15, 0.2) is 0 Å². The van der Waals surface area contributed by atoms with Gasteiger partial charge in [-0.2, -0.15) is 5.10 Å². The molecule has 3 N–H and O–H groups in total. The Morgan fingerprint density at radius 2 is 2.24 bits per heavy atom. The normalized spacial score (nSPS) is 10.8. The molecule has 3 nitrogen and oxygen atoms in total. The number of nitrogen functional groups attached to an aromatic ring is 1. The molecule has 0 saturated heterocycles. The summed E-state index contributed by atoms with van der Waals surface area (Å²) in [7, 11) is 0. The number of anilines is 1. The first kappa shape index (κ1) is 12.1. The van der Waals surface area contributed by atoms with Crippen molar-refractivity contribution >= 4 is 21.7 Å². The van der Waals surface area contributed by atoms with Crippen LogP contribution >= 0.6 is 15.9 Å². The summed E-state index contributed by atoms with van der Waals surface area (Å²) >= 11 is 3.13. The van der Waals surface area contributed by atoms with E-state index in [1.54, 1.807) is 6.07 Å². The van der Waals surface area contributed by atoms with Crippen LogP contribution in [-0.4, -0.2) is 10.2 Å². The molecule has 0 spiro atoms. The smallest absolute Gasteiger partial charge is 0.149 e. The Morgan fingerprint density at radius 3 is 2.88 bits per heavy atom. The van der Waals surface area contributed by atoms with E-state index in [1.165, 1.54) is 6.07 Å². The minimum atomic E-state index is -0.293. The van der Waals surface area contributed by atoms with Crippen LogP contribution in [0.1, 0.15) is 18.9 Å². The number of aromatic nitrogens is 2. The summed E-state index contributed by atoms with van der Waals surface area (Å²) in [6.07, 6.45) is 1.80. The molecular formula is C12H13BrFN3. The lowest BCUT2D eigenvalue weighted by Gasteiger charge is -2.04. The zero-order valence-electron chi connectivity index (χ0n) is 9.43. The Hall–Kier alpha value is -1.36. The van der Waals surface area contributed by atoms with E-state index in [0.717, 1.165) is 29.7 Å². The molecule has 17 heavy (non-hydrogen) atoms. The van der Waals surface area contributed by atoms with Crippen LogP contribution < -0.4 is 5.73 Å². The third-order valence-electron chi connectivity index (χ3n) is 2.61. The van der Waals surface area contributed by atoms with Gasteiger partial charge in [0.25, 0.3) is 0 Å². The molecule has 0 fully saturated rings. The number of nitrogens with one attached hydrogen (secondary N) is 1. The Morgan fingerprint density at radius 1 is 1.47 bits per heavy atom. The van der Waals surface area contributed by atoms with E-state index in [9.17, 15) is 4.39 Å². The van der Waals surface area contributed by atoms with Crippen LogP contribution in [0.5, 0.6) is 0 Å². The molecule has 0 amide bonds. The monoisotopic (exact) mass is 297 g/mol. The Bertz CT molecular complexity index is 537. The number of hydrogen-bond donors (Lipinski definition) is 2. The van der Waals surface area contributed by atoms with Crippen LogP contribution in [0.25, 0.3) is 11.3 Å². The van der Waals surface area contributed by atoms with E-state index in [4.69, 9.17) is 5.73 Å². The lowest BCUT2D eigenvalue weighted by Crippen LogP contribution is -1.93. The second-order valence-corrected chi connectivity index (χ2v) is 4.70. The van der Waals surface area contributed by atoms with Crippen molar-refractivity contribution in [2.24, 2.45) is 0 Å². The second-order valence-electron chi connectivity index (χ2n) is 3.84. The van der Waals surface area contributed by atoms with Crippen LogP contribution in [0.4, 0.5) is 10.2 Å². The summed E-state index contributed by atoms with van der Waals surface area (Å²) in [6.45, 7) is 2.07. The second kappa shape index (κ2) is 4.87. The molecule has 2 aromatic rings. The highest BCUT2D eigenvalue weighted by molar-refractivity contribution is 9.10. The van der Waals surface area contributed by atoms with Crippen molar-refractivity contribution < 1.29 is 4.39 Å². The third kappa shape index (κ3) is 2.34. The number of nitrogens with zero attached hydrogens (tertiary/aromatic N) is 1. The molecule has 90 valence electrons.